The second-order valence-electron chi connectivity index (χ2n) is 6.79. The van der Waals surface area contributed by atoms with Gasteiger partial charge in [-0.15, -0.1) is 21.6 Å². The summed E-state index contributed by atoms with van der Waals surface area (Å²) < 4.78 is 1.35. The van der Waals surface area contributed by atoms with Crippen LogP contribution in [0.4, 0.5) is 10.8 Å². The van der Waals surface area contributed by atoms with E-state index in [-0.39, 0.29) is 15.7 Å². The molecule has 0 saturated carbocycles. The normalized spacial score (nSPS) is 11.3. The minimum Gasteiger partial charge on any atom is -0.365 e. The van der Waals surface area contributed by atoms with E-state index in [1.165, 1.54) is 22.2 Å². The number of aromatic nitrogens is 4. The van der Waals surface area contributed by atoms with Crippen molar-refractivity contribution >= 4 is 39.4 Å². The molecule has 33 heavy (non-hydrogen) atoms. The summed E-state index contributed by atoms with van der Waals surface area (Å²) in [5, 5.41) is 13.9. The fraction of sp³-hybridized carbons (Fsp3) is 0. The molecule has 0 saturated heterocycles. The summed E-state index contributed by atoms with van der Waals surface area (Å²) in [6.07, 6.45) is 1.33. The molecule has 0 aliphatic rings. The van der Waals surface area contributed by atoms with Crippen LogP contribution in [-0.2, 0) is 0 Å². The van der Waals surface area contributed by atoms with Crippen LogP contribution in [0, 0.1) is 0 Å². The number of carbonyl (C=O) groups excluding carboxylic acids is 1. The molecule has 5 aromatic rings. The molecule has 0 bridgehead atoms. The highest BCUT2D eigenvalue weighted by Crippen LogP contribution is 2.30. The van der Waals surface area contributed by atoms with Crippen LogP contribution in [0.15, 0.2) is 87.3 Å². The van der Waals surface area contributed by atoms with Gasteiger partial charge in [0.2, 0.25) is 10.3 Å². The predicted octanol–water partition coefficient (Wildman–Crippen LogP) is 4.93. The molecular formula is C22H15N7O2S2. The monoisotopic (exact) mass is 473 g/mol. The van der Waals surface area contributed by atoms with E-state index in [0.717, 1.165) is 28.2 Å². The Morgan fingerprint density at radius 3 is 2.36 bits per heavy atom. The van der Waals surface area contributed by atoms with Crippen molar-refractivity contribution < 1.29 is 4.79 Å². The van der Waals surface area contributed by atoms with Crippen molar-refractivity contribution in [3.63, 3.8) is 0 Å². The first-order chi connectivity index (χ1) is 16.1. The number of nitrogens with two attached hydrogens (primary N) is 1. The number of nitrogens with one attached hydrogen (secondary N) is 1. The minimum atomic E-state index is -0.596. The lowest BCUT2D eigenvalue weighted by Gasteiger charge is -1.98. The van der Waals surface area contributed by atoms with Gasteiger partial charge in [0.25, 0.3) is 5.91 Å². The average Bonchev–Trinajstić information content (AvgIpc) is 3.58. The number of carbonyl (C=O) groups is 1. The summed E-state index contributed by atoms with van der Waals surface area (Å²) in [6.45, 7) is 0. The van der Waals surface area contributed by atoms with E-state index in [1.54, 1.807) is 0 Å². The molecular weight excluding hydrogens is 458 g/mol. The Labute approximate surface area is 194 Å². The first kappa shape index (κ1) is 20.7. The molecule has 0 radical (unpaired) electrons. The summed E-state index contributed by atoms with van der Waals surface area (Å²) >= 11 is 2.33. The van der Waals surface area contributed by atoms with E-state index in [4.69, 9.17) is 5.73 Å². The van der Waals surface area contributed by atoms with Crippen molar-refractivity contribution in [1.29, 1.82) is 0 Å². The molecule has 5 rings (SSSR count). The summed E-state index contributed by atoms with van der Waals surface area (Å²) in [5.74, 6) is -0.596. The number of hydrogen-bond donors (Lipinski definition) is 2. The third kappa shape index (κ3) is 4.14. The molecule has 0 aliphatic heterocycles. The van der Waals surface area contributed by atoms with Crippen molar-refractivity contribution in [1.82, 2.24) is 19.7 Å². The number of nitrogens with zero attached hydrogens (tertiary/aromatic N) is 5. The lowest BCUT2D eigenvalue weighted by molar-refractivity contribution is 0.100. The Balaban J connectivity index is 1.58. The minimum absolute atomic E-state index is 0.105. The molecule has 0 spiro atoms. The summed E-state index contributed by atoms with van der Waals surface area (Å²) in [6, 6.07) is 19.1. The molecule has 11 heteroatoms. The highest BCUT2D eigenvalue weighted by Gasteiger charge is 2.19. The number of thiazole rings is 2. The number of azo groups is 1. The second kappa shape index (κ2) is 8.73. The van der Waals surface area contributed by atoms with Crippen LogP contribution < -0.4 is 11.3 Å². The van der Waals surface area contributed by atoms with Crippen LogP contribution in [-0.4, -0.2) is 25.7 Å². The van der Waals surface area contributed by atoms with Gasteiger partial charge in [0.05, 0.1) is 17.6 Å². The first-order valence-electron chi connectivity index (χ1n) is 9.69. The molecule has 2 aromatic carbocycles. The van der Waals surface area contributed by atoms with E-state index < -0.39 is 11.5 Å². The van der Waals surface area contributed by atoms with Gasteiger partial charge >= 0.3 is 5.56 Å². The Hall–Kier alpha value is -4.22. The number of rotatable bonds is 6. The molecule has 0 atom stereocenters. The number of hydrogen-bond acceptors (Lipinski definition) is 8. The van der Waals surface area contributed by atoms with Crippen molar-refractivity contribution in [3.05, 3.63) is 87.5 Å². The lowest BCUT2D eigenvalue weighted by atomic mass is 10.1. The Kier molecular flexibility index (Phi) is 5.47. The van der Waals surface area contributed by atoms with Crippen LogP contribution in [0.25, 0.3) is 27.6 Å². The van der Waals surface area contributed by atoms with E-state index >= 15 is 0 Å². The zero-order valence-corrected chi connectivity index (χ0v) is 18.5. The van der Waals surface area contributed by atoms with Gasteiger partial charge in [-0.3, -0.25) is 14.7 Å². The van der Waals surface area contributed by atoms with Crippen molar-refractivity contribution in [2.75, 3.05) is 0 Å². The smallest absolute Gasteiger partial charge is 0.301 e. The van der Waals surface area contributed by atoms with E-state index in [9.17, 15) is 9.59 Å². The maximum absolute atomic E-state index is 13.3. The standard InChI is InChI=1S/C22H15N7O2S2/c23-19(30)16-11-24-21(33-16)27-26-18-17(14-9-5-2-6-10-14)28-29(20(18)31)22-25-15(12-32-22)13-7-3-1-4-8-13/h1-12,28H,(H2,23,30). The Morgan fingerprint density at radius 1 is 1.00 bits per heavy atom. The van der Waals surface area contributed by atoms with Crippen molar-refractivity contribution in [3.8, 4) is 27.6 Å². The van der Waals surface area contributed by atoms with Gasteiger partial charge < -0.3 is 5.73 Å². The van der Waals surface area contributed by atoms with Gasteiger partial charge in [-0.1, -0.05) is 72.0 Å². The fourth-order valence-corrected chi connectivity index (χ4v) is 4.47. The van der Waals surface area contributed by atoms with Gasteiger partial charge in [-0.05, 0) is 0 Å². The van der Waals surface area contributed by atoms with Gasteiger partial charge in [-0.2, -0.15) is 4.68 Å². The molecule has 3 aromatic heterocycles. The maximum atomic E-state index is 13.3. The van der Waals surface area contributed by atoms with Gasteiger partial charge in [0, 0.05) is 16.5 Å². The van der Waals surface area contributed by atoms with Gasteiger partial charge in [0.15, 0.2) is 5.69 Å². The number of H-pyrrole nitrogens is 1. The molecule has 0 aliphatic carbocycles. The molecule has 0 unspecified atom stereocenters. The molecule has 3 heterocycles. The van der Waals surface area contributed by atoms with E-state index in [2.05, 4.69) is 25.3 Å². The number of primary amides is 1. The molecule has 9 nitrogen and oxygen atoms in total. The fourth-order valence-electron chi connectivity index (χ4n) is 3.09. The summed E-state index contributed by atoms with van der Waals surface area (Å²) in [5.41, 5.74) is 7.94. The third-order valence-electron chi connectivity index (χ3n) is 4.65. The zero-order chi connectivity index (χ0) is 22.8. The topological polar surface area (TPSA) is 131 Å². The van der Waals surface area contributed by atoms with E-state index in [1.807, 2.05) is 66.0 Å². The van der Waals surface area contributed by atoms with Gasteiger partial charge in [-0.25, -0.2) is 9.97 Å². The van der Waals surface area contributed by atoms with Crippen molar-refractivity contribution in [2.45, 2.75) is 0 Å². The predicted molar refractivity (Wildman–Crippen MR) is 128 cm³/mol. The number of amides is 1. The summed E-state index contributed by atoms with van der Waals surface area (Å²) in [4.78, 5) is 33.5. The summed E-state index contributed by atoms with van der Waals surface area (Å²) in [7, 11) is 0. The zero-order valence-electron chi connectivity index (χ0n) is 16.9. The largest absolute Gasteiger partial charge is 0.365 e. The van der Waals surface area contributed by atoms with Crippen molar-refractivity contribution in [2.24, 2.45) is 16.0 Å². The van der Waals surface area contributed by atoms with E-state index in [0.29, 0.717) is 10.8 Å². The molecule has 0 fully saturated rings. The van der Waals surface area contributed by atoms with Gasteiger partial charge in [0.1, 0.15) is 4.88 Å². The van der Waals surface area contributed by atoms with Crippen LogP contribution >= 0.6 is 22.7 Å². The quantitative estimate of drug-likeness (QED) is 0.339. The van der Waals surface area contributed by atoms with Crippen LogP contribution in [0.5, 0.6) is 0 Å². The van der Waals surface area contributed by atoms with Crippen LogP contribution in [0.1, 0.15) is 9.67 Å². The van der Waals surface area contributed by atoms with Crippen LogP contribution in [0.3, 0.4) is 0 Å². The number of aromatic amines is 1. The molecule has 3 N–H and O–H groups in total. The average molecular weight is 474 g/mol. The number of benzene rings is 2. The van der Waals surface area contributed by atoms with Crippen LogP contribution in [0.2, 0.25) is 0 Å². The second-order valence-corrected chi connectivity index (χ2v) is 8.64. The lowest BCUT2D eigenvalue weighted by Crippen LogP contribution is -2.13. The highest BCUT2D eigenvalue weighted by atomic mass is 32.1. The Morgan fingerprint density at radius 2 is 1.70 bits per heavy atom. The maximum Gasteiger partial charge on any atom is 0.301 e. The Bertz CT molecular complexity index is 1520. The molecule has 1 amide bonds. The highest BCUT2D eigenvalue weighted by molar-refractivity contribution is 7.17. The first-order valence-corrected chi connectivity index (χ1v) is 11.4. The molecule has 162 valence electrons. The SMILES string of the molecule is NC(=O)c1cnc(N=Nc2c(-c3ccccc3)[nH]n(-c3nc(-c4ccccc4)cs3)c2=O)s1. The third-order valence-corrected chi connectivity index (χ3v) is 6.38.